The Labute approximate surface area is 190 Å². The number of benzene rings is 2. The zero-order valence-electron chi connectivity index (χ0n) is 16.7. The van der Waals surface area contributed by atoms with Gasteiger partial charge in [0, 0.05) is 24.3 Å². The van der Waals surface area contributed by atoms with Gasteiger partial charge in [-0.25, -0.2) is 4.98 Å². The summed E-state index contributed by atoms with van der Waals surface area (Å²) in [6.45, 7) is 1.83. The molecule has 0 saturated carbocycles. The van der Waals surface area contributed by atoms with Crippen molar-refractivity contribution in [1.82, 2.24) is 9.55 Å². The van der Waals surface area contributed by atoms with E-state index in [4.69, 9.17) is 16.3 Å². The van der Waals surface area contributed by atoms with Gasteiger partial charge in [-0.1, -0.05) is 23.7 Å². The van der Waals surface area contributed by atoms with E-state index in [0.717, 1.165) is 12.0 Å². The first-order valence-corrected chi connectivity index (χ1v) is 9.71. The van der Waals surface area contributed by atoms with Crippen LogP contribution >= 0.6 is 24.0 Å². The van der Waals surface area contributed by atoms with Gasteiger partial charge in [-0.05, 0) is 42.7 Å². The number of nitro groups is 1. The average molecular weight is 465 g/mol. The molecule has 1 atom stereocenters. The smallest absolute Gasteiger partial charge is 0.296 e. The number of nitrogens with zero attached hydrogens (tertiary/aromatic N) is 3. The van der Waals surface area contributed by atoms with Crippen LogP contribution in [-0.2, 0) is 17.8 Å². The molecule has 0 saturated heterocycles. The number of carbonyl (C=O) groups is 1. The highest BCUT2D eigenvalue weighted by atomic mass is 35.5. The fraction of sp³-hybridized carbons (Fsp3) is 0.238. The Morgan fingerprint density at radius 2 is 2.03 bits per heavy atom. The van der Waals surface area contributed by atoms with Crippen molar-refractivity contribution in [3.8, 4) is 5.75 Å². The Morgan fingerprint density at radius 1 is 1.29 bits per heavy atom. The van der Waals surface area contributed by atoms with Crippen LogP contribution in [0.1, 0.15) is 18.9 Å². The van der Waals surface area contributed by atoms with Crippen LogP contribution < -0.4 is 10.1 Å². The van der Waals surface area contributed by atoms with Crippen LogP contribution in [0.5, 0.6) is 5.75 Å². The number of rotatable bonds is 9. The normalized spacial score (nSPS) is 11.3. The monoisotopic (exact) mass is 464 g/mol. The average Bonchev–Trinajstić information content (AvgIpc) is 3.21. The lowest BCUT2D eigenvalue weighted by Crippen LogP contribution is -2.23. The number of amides is 1. The number of nitro benzene ring substituents is 1. The van der Waals surface area contributed by atoms with Gasteiger partial charge in [-0.15, -0.1) is 12.4 Å². The van der Waals surface area contributed by atoms with Crippen LogP contribution in [0.3, 0.4) is 0 Å². The zero-order valence-corrected chi connectivity index (χ0v) is 18.3. The molecule has 0 spiro atoms. The number of anilines is 1. The highest BCUT2D eigenvalue weighted by molar-refractivity contribution is 6.30. The highest BCUT2D eigenvalue weighted by Gasteiger charge is 2.19. The largest absolute Gasteiger partial charge is 0.488 e. The Bertz CT molecular complexity index is 1010. The lowest BCUT2D eigenvalue weighted by atomic mass is 10.1. The quantitative estimate of drug-likeness (QED) is 0.358. The number of hydrogen-bond acceptors (Lipinski definition) is 5. The third-order valence-corrected chi connectivity index (χ3v) is 4.67. The summed E-state index contributed by atoms with van der Waals surface area (Å²) in [6.07, 6.45) is 6.40. The molecule has 0 radical (unpaired) electrons. The molecule has 8 nitrogen and oxygen atoms in total. The molecule has 0 aliphatic heterocycles. The molecule has 0 bridgehead atoms. The minimum atomic E-state index is -0.545. The molecule has 2 aromatic carbocycles. The third kappa shape index (κ3) is 7.27. The predicted molar refractivity (Wildman–Crippen MR) is 121 cm³/mol. The van der Waals surface area contributed by atoms with E-state index in [2.05, 4.69) is 10.3 Å². The fourth-order valence-corrected chi connectivity index (χ4v) is 3.15. The van der Waals surface area contributed by atoms with Crippen molar-refractivity contribution < 1.29 is 14.5 Å². The summed E-state index contributed by atoms with van der Waals surface area (Å²) in [6, 6.07) is 12.0. The molecule has 1 N–H and O–H groups in total. The summed E-state index contributed by atoms with van der Waals surface area (Å²) in [4.78, 5) is 26.2. The van der Waals surface area contributed by atoms with E-state index in [1.54, 1.807) is 18.6 Å². The lowest BCUT2D eigenvalue weighted by Gasteiger charge is -2.20. The Kier molecular flexibility index (Phi) is 8.84. The van der Waals surface area contributed by atoms with E-state index < -0.39 is 4.92 Å². The Morgan fingerprint density at radius 3 is 2.65 bits per heavy atom. The molecule has 31 heavy (non-hydrogen) atoms. The molecule has 1 amide bonds. The second-order valence-corrected chi connectivity index (χ2v) is 7.22. The number of nitrogens with one attached hydrogen (secondary N) is 1. The van der Waals surface area contributed by atoms with Crippen LogP contribution in [0.2, 0.25) is 5.02 Å². The predicted octanol–water partition coefficient (Wildman–Crippen LogP) is 4.91. The van der Waals surface area contributed by atoms with Gasteiger partial charge in [0.2, 0.25) is 5.91 Å². The van der Waals surface area contributed by atoms with Crippen LogP contribution in [0, 0.1) is 10.1 Å². The molecular formula is C21H22Cl2N4O4. The second kappa shape index (κ2) is 11.3. The van der Waals surface area contributed by atoms with Gasteiger partial charge in [0.15, 0.2) is 0 Å². The third-order valence-electron chi connectivity index (χ3n) is 4.42. The minimum Gasteiger partial charge on any atom is -0.488 e. The first-order valence-electron chi connectivity index (χ1n) is 9.33. The van der Waals surface area contributed by atoms with Crippen LogP contribution in [0.4, 0.5) is 11.4 Å². The number of aryl methyl sites for hydroxylation is 1. The lowest BCUT2D eigenvalue weighted by molar-refractivity contribution is -0.384. The molecule has 0 aliphatic rings. The second-order valence-electron chi connectivity index (χ2n) is 6.78. The minimum absolute atomic E-state index is 0. The van der Waals surface area contributed by atoms with Crippen molar-refractivity contribution in [3.05, 3.63) is 81.9 Å². The van der Waals surface area contributed by atoms with Gasteiger partial charge in [0.05, 0.1) is 23.9 Å². The number of aromatic nitrogens is 2. The molecular weight excluding hydrogens is 443 g/mol. The van der Waals surface area contributed by atoms with Crippen molar-refractivity contribution in [1.29, 1.82) is 0 Å². The van der Waals surface area contributed by atoms with Crippen molar-refractivity contribution in [2.45, 2.75) is 32.4 Å². The summed E-state index contributed by atoms with van der Waals surface area (Å²) in [5.41, 5.74) is 1.03. The maximum Gasteiger partial charge on any atom is 0.296 e. The van der Waals surface area contributed by atoms with Gasteiger partial charge < -0.3 is 14.6 Å². The van der Waals surface area contributed by atoms with Crippen LogP contribution in [0.15, 0.2) is 61.2 Å². The maximum absolute atomic E-state index is 11.4. The van der Waals surface area contributed by atoms with Crippen molar-refractivity contribution in [2.24, 2.45) is 0 Å². The summed E-state index contributed by atoms with van der Waals surface area (Å²) in [5.74, 6) is -0.0234. The molecule has 0 aliphatic carbocycles. The van der Waals surface area contributed by atoms with Crippen molar-refractivity contribution in [2.75, 3.05) is 5.32 Å². The van der Waals surface area contributed by atoms with E-state index >= 15 is 0 Å². The molecule has 3 rings (SSSR count). The van der Waals surface area contributed by atoms with E-state index in [1.807, 2.05) is 35.0 Å². The van der Waals surface area contributed by atoms with Gasteiger partial charge in [0.1, 0.15) is 17.5 Å². The summed E-state index contributed by atoms with van der Waals surface area (Å²) in [7, 11) is 0. The van der Waals surface area contributed by atoms with Gasteiger partial charge >= 0.3 is 0 Å². The Balaban J connectivity index is 0.00000341. The summed E-state index contributed by atoms with van der Waals surface area (Å²) >= 11 is 5.94. The topological polar surface area (TPSA) is 99.3 Å². The molecule has 1 heterocycles. The van der Waals surface area contributed by atoms with Crippen molar-refractivity contribution in [3.63, 3.8) is 0 Å². The first-order chi connectivity index (χ1) is 14.4. The number of ether oxygens (including phenoxy) is 1. The molecule has 3 aromatic rings. The first kappa shape index (κ1) is 24.2. The fourth-order valence-electron chi connectivity index (χ4n) is 3.02. The maximum atomic E-state index is 11.4. The number of carbonyl (C=O) groups excluding carboxylic acids is 1. The summed E-state index contributed by atoms with van der Waals surface area (Å²) < 4.78 is 7.99. The van der Waals surface area contributed by atoms with E-state index in [1.165, 1.54) is 19.1 Å². The molecule has 1 aromatic heterocycles. The van der Waals surface area contributed by atoms with Crippen LogP contribution in [0.25, 0.3) is 0 Å². The van der Waals surface area contributed by atoms with Gasteiger partial charge in [-0.3, -0.25) is 14.9 Å². The van der Waals surface area contributed by atoms with Gasteiger partial charge in [-0.2, -0.15) is 0 Å². The van der Waals surface area contributed by atoms with E-state index in [0.29, 0.717) is 23.7 Å². The SMILES string of the molecule is CC(=O)Nc1ccc(OC(CCc2ccc(Cl)cc2)Cn2ccnc2)cc1[N+](=O)[O-].Cl. The molecule has 0 fully saturated rings. The number of halogens is 2. The zero-order chi connectivity index (χ0) is 21.5. The standard InChI is InChI=1S/C21H21ClN4O4.ClH/c1-15(27)24-20-9-8-18(12-21(20)26(28)29)30-19(13-25-11-10-23-14-25)7-4-16-2-5-17(22)6-3-16;/h2-3,5-6,8-12,14,19H,4,7,13H2,1H3,(H,24,27);1H. The number of hydrogen-bond donors (Lipinski definition) is 1. The van der Waals surface area contributed by atoms with Gasteiger partial charge in [0.25, 0.3) is 5.69 Å². The highest BCUT2D eigenvalue weighted by Crippen LogP contribution is 2.30. The van der Waals surface area contributed by atoms with Crippen molar-refractivity contribution >= 4 is 41.3 Å². The molecule has 10 heteroatoms. The van der Waals surface area contributed by atoms with Crippen LogP contribution in [-0.4, -0.2) is 26.5 Å². The molecule has 164 valence electrons. The molecule has 1 unspecified atom stereocenters. The number of imidazole rings is 1. The summed E-state index contributed by atoms with van der Waals surface area (Å²) in [5, 5.41) is 14.6. The Hall–Kier alpha value is -3.10. The van der Waals surface area contributed by atoms with E-state index in [-0.39, 0.29) is 35.8 Å². The van der Waals surface area contributed by atoms with E-state index in [9.17, 15) is 14.9 Å².